The van der Waals surface area contributed by atoms with Gasteiger partial charge in [-0.3, -0.25) is 9.58 Å². The van der Waals surface area contributed by atoms with E-state index < -0.39 is 0 Å². The van der Waals surface area contributed by atoms with Crippen LogP contribution in [0.3, 0.4) is 0 Å². The fourth-order valence-electron chi connectivity index (χ4n) is 2.16. The monoisotopic (exact) mass is 227 g/mol. The van der Waals surface area contributed by atoms with E-state index in [0.29, 0.717) is 5.38 Å². The molecule has 3 nitrogen and oxygen atoms in total. The SMILES string of the molecule is CCn1nc(C)cc1CN1CCC(Cl)C1. The first kappa shape index (κ1) is 11.0. The molecule has 1 atom stereocenters. The number of rotatable bonds is 3. The van der Waals surface area contributed by atoms with E-state index in [0.717, 1.165) is 38.3 Å². The van der Waals surface area contributed by atoms with Crippen LogP contribution in [-0.4, -0.2) is 33.1 Å². The maximum Gasteiger partial charge on any atom is 0.0597 e. The summed E-state index contributed by atoms with van der Waals surface area (Å²) in [5.74, 6) is 0. The zero-order chi connectivity index (χ0) is 10.8. The summed E-state index contributed by atoms with van der Waals surface area (Å²) in [6.07, 6.45) is 1.11. The molecule has 1 aromatic heterocycles. The molecular weight excluding hydrogens is 210 g/mol. The maximum atomic E-state index is 6.09. The zero-order valence-corrected chi connectivity index (χ0v) is 10.2. The lowest BCUT2D eigenvalue weighted by molar-refractivity contribution is 0.319. The molecular formula is C11H18ClN3. The molecule has 1 unspecified atom stereocenters. The number of alkyl halides is 1. The Hall–Kier alpha value is -0.540. The van der Waals surface area contributed by atoms with Crippen LogP contribution in [-0.2, 0) is 13.1 Å². The van der Waals surface area contributed by atoms with Crippen molar-refractivity contribution in [2.75, 3.05) is 13.1 Å². The summed E-state index contributed by atoms with van der Waals surface area (Å²) >= 11 is 6.09. The molecule has 0 bridgehead atoms. The molecule has 0 spiro atoms. The standard InChI is InChI=1S/C11H18ClN3/c1-3-15-11(6-9(2)13-15)8-14-5-4-10(12)7-14/h6,10H,3-5,7-8H2,1-2H3. The van der Waals surface area contributed by atoms with Crippen LogP contribution in [0.25, 0.3) is 0 Å². The first-order valence-electron chi connectivity index (χ1n) is 5.58. The first-order valence-corrected chi connectivity index (χ1v) is 6.02. The van der Waals surface area contributed by atoms with Gasteiger partial charge in [-0.05, 0) is 26.3 Å². The van der Waals surface area contributed by atoms with Crippen molar-refractivity contribution < 1.29 is 0 Å². The lowest BCUT2D eigenvalue weighted by Crippen LogP contribution is -2.22. The number of aromatic nitrogens is 2. The van der Waals surface area contributed by atoms with Crippen LogP contribution in [0.2, 0.25) is 0 Å². The summed E-state index contributed by atoms with van der Waals surface area (Å²) in [7, 11) is 0. The molecule has 2 heterocycles. The van der Waals surface area contributed by atoms with Crippen LogP contribution in [0.1, 0.15) is 24.7 Å². The largest absolute Gasteiger partial charge is 0.296 e. The number of likely N-dealkylation sites (tertiary alicyclic amines) is 1. The van der Waals surface area contributed by atoms with Gasteiger partial charge in [0.1, 0.15) is 0 Å². The highest BCUT2D eigenvalue weighted by molar-refractivity contribution is 6.20. The van der Waals surface area contributed by atoms with Gasteiger partial charge in [0.2, 0.25) is 0 Å². The molecule has 15 heavy (non-hydrogen) atoms. The van der Waals surface area contributed by atoms with Crippen molar-refractivity contribution in [2.45, 2.75) is 38.7 Å². The minimum Gasteiger partial charge on any atom is -0.296 e. The molecule has 4 heteroatoms. The Bertz CT molecular complexity index is 335. The summed E-state index contributed by atoms with van der Waals surface area (Å²) in [5, 5.41) is 4.78. The Morgan fingerprint density at radius 1 is 1.60 bits per heavy atom. The minimum absolute atomic E-state index is 0.337. The molecule has 0 aliphatic carbocycles. The van der Waals surface area contributed by atoms with Gasteiger partial charge in [-0.15, -0.1) is 11.6 Å². The normalized spacial score (nSPS) is 22.5. The molecule has 1 aliphatic rings. The van der Waals surface area contributed by atoms with E-state index >= 15 is 0 Å². The number of nitrogens with zero attached hydrogens (tertiary/aromatic N) is 3. The lowest BCUT2D eigenvalue weighted by atomic mass is 10.3. The van der Waals surface area contributed by atoms with Gasteiger partial charge in [0.15, 0.2) is 0 Å². The molecule has 1 saturated heterocycles. The number of hydrogen-bond donors (Lipinski definition) is 0. The van der Waals surface area contributed by atoms with E-state index in [9.17, 15) is 0 Å². The number of halogens is 1. The Morgan fingerprint density at radius 2 is 2.40 bits per heavy atom. The van der Waals surface area contributed by atoms with Crippen LogP contribution in [0.4, 0.5) is 0 Å². The Morgan fingerprint density at radius 3 is 3.00 bits per heavy atom. The quantitative estimate of drug-likeness (QED) is 0.737. The predicted molar refractivity (Wildman–Crippen MR) is 62.2 cm³/mol. The molecule has 1 fully saturated rings. The van der Waals surface area contributed by atoms with Gasteiger partial charge >= 0.3 is 0 Å². The lowest BCUT2D eigenvalue weighted by Gasteiger charge is -2.15. The van der Waals surface area contributed by atoms with Gasteiger partial charge in [0.05, 0.1) is 11.4 Å². The van der Waals surface area contributed by atoms with Crippen LogP contribution in [0, 0.1) is 6.92 Å². The van der Waals surface area contributed by atoms with Gasteiger partial charge in [0.25, 0.3) is 0 Å². The average molecular weight is 228 g/mol. The highest BCUT2D eigenvalue weighted by Gasteiger charge is 2.21. The predicted octanol–water partition coefficient (Wildman–Crippen LogP) is 2.02. The number of aryl methyl sites for hydroxylation is 2. The van der Waals surface area contributed by atoms with Gasteiger partial charge in [0, 0.05) is 31.6 Å². The summed E-state index contributed by atoms with van der Waals surface area (Å²) < 4.78 is 2.08. The fourth-order valence-corrected chi connectivity index (χ4v) is 2.45. The van der Waals surface area contributed by atoms with Crippen molar-refractivity contribution in [3.05, 3.63) is 17.5 Å². The molecule has 0 saturated carbocycles. The molecule has 1 aliphatic heterocycles. The Balaban J connectivity index is 2.03. The smallest absolute Gasteiger partial charge is 0.0597 e. The highest BCUT2D eigenvalue weighted by atomic mass is 35.5. The third kappa shape index (κ3) is 2.52. The van der Waals surface area contributed by atoms with Crippen LogP contribution >= 0.6 is 11.6 Å². The highest BCUT2D eigenvalue weighted by Crippen LogP contribution is 2.17. The second kappa shape index (κ2) is 4.54. The van der Waals surface area contributed by atoms with Crippen LogP contribution in [0.5, 0.6) is 0 Å². The molecule has 1 aromatic rings. The Kier molecular flexibility index (Phi) is 3.32. The van der Waals surface area contributed by atoms with E-state index in [1.165, 1.54) is 5.69 Å². The van der Waals surface area contributed by atoms with Gasteiger partial charge < -0.3 is 0 Å². The van der Waals surface area contributed by atoms with Crippen molar-refractivity contribution in [2.24, 2.45) is 0 Å². The van der Waals surface area contributed by atoms with E-state index in [-0.39, 0.29) is 0 Å². The maximum absolute atomic E-state index is 6.09. The molecule has 84 valence electrons. The third-order valence-electron chi connectivity index (χ3n) is 2.89. The molecule has 0 N–H and O–H groups in total. The molecule has 0 amide bonds. The summed E-state index contributed by atoms with van der Waals surface area (Å²) in [6.45, 7) is 8.23. The fraction of sp³-hybridized carbons (Fsp3) is 0.727. The second-order valence-electron chi connectivity index (χ2n) is 4.21. The minimum atomic E-state index is 0.337. The van der Waals surface area contributed by atoms with Gasteiger partial charge in [-0.1, -0.05) is 0 Å². The van der Waals surface area contributed by atoms with Crippen molar-refractivity contribution in [1.29, 1.82) is 0 Å². The molecule has 0 radical (unpaired) electrons. The summed E-state index contributed by atoms with van der Waals surface area (Å²) in [4.78, 5) is 2.40. The van der Waals surface area contributed by atoms with Crippen molar-refractivity contribution in [3.8, 4) is 0 Å². The zero-order valence-electron chi connectivity index (χ0n) is 9.41. The summed E-state index contributed by atoms with van der Waals surface area (Å²) in [6, 6.07) is 2.17. The van der Waals surface area contributed by atoms with Gasteiger partial charge in [-0.2, -0.15) is 5.10 Å². The van der Waals surface area contributed by atoms with Crippen LogP contribution in [0.15, 0.2) is 6.07 Å². The van der Waals surface area contributed by atoms with Crippen LogP contribution < -0.4 is 0 Å². The van der Waals surface area contributed by atoms with E-state index in [1.807, 2.05) is 6.92 Å². The first-order chi connectivity index (χ1) is 7.19. The van der Waals surface area contributed by atoms with Crippen molar-refractivity contribution >= 4 is 11.6 Å². The average Bonchev–Trinajstić information content (AvgIpc) is 2.73. The topological polar surface area (TPSA) is 21.1 Å². The second-order valence-corrected chi connectivity index (χ2v) is 4.83. The van der Waals surface area contributed by atoms with E-state index in [1.54, 1.807) is 0 Å². The van der Waals surface area contributed by atoms with Gasteiger partial charge in [-0.25, -0.2) is 0 Å². The summed E-state index contributed by atoms with van der Waals surface area (Å²) in [5.41, 5.74) is 2.41. The van der Waals surface area contributed by atoms with E-state index in [4.69, 9.17) is 11.6 Å². The van der Waals surface area contributed by atoms with E-state index in [2.05, 4.69) is 27.7 Å². The molecule has 0 aromatic carbocycles. The number of hydrogen-bond acceptors (Lipinski definition) is 2. The Labute approximate surface area is 96.0 Å². The van der Waals surface area contributed by atoms with Crippen molar-refractivity contribution in [3.63, 3.8) is 0 Å². The molecule has 2 rings (SSSR count). The van der Waals surface area contributed by atoms with Crippen molar-refractivity contribution in [1.82, 2.24) is 14.7 Å². The third-order valence-corrected chi connectivity index (χ3v) is 3.24.